The van der Waals surface area contributed by atoms with E-state index in [9.17, 15) is 9.59 Å². The Bertz CT molecular complexity index is 956. The van der Waals surface area contributed by atoms with Crippen LogP contribution in [0.2, 0.25) is 0 Å². The Morgan fingerprint density at radius 2 is 1.82 bits per heavy atom. The molecule has 5 nitrogen and oxygen atoms in total. The van der Waals surface area contributed by atoms with Gasteiger partial charge in [0.15, 0.2) is 0 Å². The summed E-state index contributed by atoms with van der Waals surface area (Å²) in [6, 6.07) is 14.7. The molecule has 0 aliphatic heterocycles. The van der Waals surface area contributed by atoms with Crippen LogP contribution in [0.15, 0.2) is 64.3 Å². The SMILES string of the molecule is CC(C)C(=O)Nc1cccc(NC(=O)c2ccccc2SCc2cscn2)c1. The zero-order valence-electron chi connectivity index (χ0n) is 15.6. The molecule has 0 aliphatic rings. The number of thiazole rings is 1. The van der Waals surface area contributed by atoms with Crippen molar-refractivity contribution in [2.24, 2.45) is 5.92 Å². The van der Waals surface area contributed by atoms with Gasteiger partial charge in [-0.1, -0.05) is 32.0 Å². The maximum atomic E-state index is 12.8. The third kappa shape index (κ3) is 5.43. The number of carbonyl (C=O) groups is 2. The van der Waals surface area contributed by atoms with E-state index in [0.29, 0.717) is 22.7 Å². The molecule has 2 N–H and O–H groups in total. The zero-order valence-corrected chi connectivity index (χ0v) is 17.3. The lowest BCUT2D eigenvalue weighted by Gasteiger charge is -2.12. The molecule has 0 unspecified atom stereocenters. The fraction of sp³-hybridized carbons (Fsp3) is 0.190. The third-order valence-corrected chi connectivity index (χ3v) is 5.65. The zero-order chi connectivity index (χ0) is 19.9. The highest BCUT2D eigenvalue weighted by atomic mass is 32.2. The van der Waals surface area contributed by atoms with Crippen molar-refractivity contribution < 1.29 is 9.59 Å². The minimum Gasteiger partial charge on any atom is -0.326 e. The van der Waals surface area contributed by atoms with Crippen LogP contribution in [0.5, 0.6) is 0 Å². The van der Waals surface area contributed by atoms with Crippen molar-refractivity contribution in [3.63, 3.8) is 0 Å². The Morgan fingerprint density at radius 1 is 1.07 bits per heavy atom. The average Bonchev–Trinajstić information content (AvgIpc) is 3.20. The highest BCUT2D eigenvalue weighted by Gasteiger charge is 2.13. The first-order chi connectivity index (χ1) is 13.5. The lowest BCUT2D eigenvalue weighted by atomic mass is 10.2. The summed E-state index contributed by atoms with van der Waals surface area (Å²) in [4.78, 5) is 29.9. The van der Waals surface area contributed by atoms with Crippen LogP contribution in [0.4, 0.5) is 11.4 Å². The highest BCUT2D eigenvalue weighted by molar-refractivity contribution is 7.98. The van der Waals surface area contributed by atoms with Gasteiger partial charge in [-0.05, 0) is 30.3 Å². The summed E-state index contributed by atoms with van der Waals surface area (Å²) >= 11 is 3.15. The van der Waals surface area contributed by atoms with Gasteiger partial charge in [0.05, 0.1) is 16.8 Å². The monoisotopic (exact) mass is 411 g/mol. The lowest BCUT2D eigenvalue weighted by molar-refractivity contribution is -0.118. The van der Waals surface area contributed by atoms with E-state index in [4.69, 9.17) is 0 Å². The average molecular weight is 412 g/mol. The van der Waals surface area contributed by atoms with Gasteiger partial charge in [-0.15, -0.1) is 23.1 Å². The first-order valence-corrected chi connectivity index (χ1v) is 10.8. The minimum absolute atomic E-state index is 0.0627. The van der Waals surface area contributed by atoms with E-state index in [2.05, 4.69) is 15.6 Å². The van der Waals surface area contributed by atoms with Crippen LogP contribution in [-0.4, -0.2) is 16.8 Å². The molecule has 1 aromatic heterocycles. The van der Waals surface area contributed by atoms with Gasteiger partial charge < -0.3 is 10.6 Å². The predicted molar refractivity (Wildman–Crippen MR) is 116 cm³/mol. The molecule has 0 atom stereocenters. The van der Waals surface area contributed by atoms with E-state index >= 15 is 0 Å². The van der Waals surface area contributed by atoms with Crippen molar-refractivity contribution in [1.82, 2.24) is 4.98 Å². The molecular formula is C21H21N3O2S2. The van der Waals surface area contributed by atoms with Crippen LogP contribution in [0.1, 0.15) is 29.9 Å². The number of nitrogens with one attached hydrogen (secondary N) is 2. The summed E-state index contributed by atoms with van der Waals surface area (Å²) in [6.45, 7) is 3.67. The molecule has 1 heterocycles. The fourth-order valence-corrected chi connectivity index (χ4v) is 4.02. The number of anilines is 2. The molecule has 0 fully saturated rings. The summed E-state index contributed by atoms with van der Waals surface area (Å²) in [5.41, 5.74) is 4.70. The molecule has 3 rings (SSSR count). The van der Waals surface area contributed by atoms with Crippen LogP contribution >= 0.6 is 23.1 Å². The molecule has 2 aromatic carbocycles. The fourth-order valence-electron chi connectivity index (χ4n) is 2.40. The molecule has 28 heavy (non-hydrogen) atoms. The van der Waals surface area contributed by atoms with Crippen molar-refractivity contribution in [1.29, 1.82) is 0 Å². The Morgan fingerprint density at radius 3 is 2.54 bits per heavy atom. The number of nitrogens with zero attached hydrogens (tertiary/aromatic N) is 1. The van der Waals surface area contributed by atoms with Crippen molar-refractivity contribution in [2.75, 3.05) is 10.6 Å². The second-order valence-electron chi connectivity index (χ2n) is 6.44. The molecule has 2 amide bonds. The molecule has 0 aliphatic carbocycles. The Balaban J connectivity index is 1.70. The second-order valence-corrected chi connectivity index (χ2v) is 8.18. The van der Waals surface area contributed by atoms with E-state index in [0.717, 1.165) is 10.6 Å². The lowest BCUT2D eigenvalue weighted by Crippen LogP contribution is -2.18. The Hall–Kier alpha value is -2.64. The first kappa shape index (κ1) is 20.1. The van der Waals surface area contributed by atoms with Crippen LogP contribution in [0.3, 0.4) is 0 Å². The summed E-state index contributed by atoms with van der Waals surface area (Å²) in [5.74, 6) is 0.352. The molecule has 0 saturated heterocycles. The molecule has 7 heteroatoms. The van der Waals surface area contributed by atoms with Gasteiger partial charge in [-0.3, -0.25) is 9.59 Å². The summed E-state index contributed by atoms with van der Waals surface area (Å²) in [6.07, 6.45) is 0. The Kier molecular flexibility index (Phi) is 6.84. The second kappa shape index (κ2) is 9.52. The number of benzene rings is 2. The van der Waals surface area contributed by atoms with Crippen molar-refractivity contribution in [3.8, 4) is 0 Å². The number of rotatable bonds is 7. The summed E-state index contributed by atoms with van der Waals surface area (Å²) < 4.78 is 0. The quantitative estimate of drug-likeness (QED) is 0.519. The molecular weight excluding hydrogens is 390 g/mol. The molecule has 0 spiro atoms. The van der Waals surface area contributed by atoms with Gasteiger partial charge in [0.25, 0.3) is 5.91 Å². The Labute approximate surface area is 172 Å². The number of hydrogen-bond acceptors (Lipinski definition) is 5. The number of hydrogen-bond donors (Lipinski definition) is 2. The van der Waals surface area contributed by atoms with E-state index in [1.807, 2.05) is 43.5 Å². The third-order valence-electron chi connectivity index (χ3n) is 3.90. The number of carbonyl (C=O) groups excluding carboxylic acids is 2. The van der Waals surface area contributed by atoms with Gasteiger partial charge in [0.1, 0.15) is 0 Å². The first-order valence-electron chi connectivity index (χ1n) is 8.84. The topological polar surface area (TPSA) is 71.1 Å². The number of thioether (sulfide) groups is 1. The molecule has 144 valence electrons. The van der Waals surface area contributed by atoms with E-state index in [1.54, 1.807) is 52.9 Å². The number of aromatic nitrogens is 1. The van der Waals surface area contributed by atoms with E-state index < -0.39 is 0 Å². The largest absolute Gasteiger partial charge is 0.326 e. The normalized spacial score (nSPS) is 10.7. The van der Waals surface area contributed by atoms with Gasteiger partial charge in [-0.2, -0.15) is 0 Å². The van der Waals surface area contributed by atoms with E-state index in [1.165, 1.54) is 0 Å². The van der Waals surface area contributed by atoms with Crippen molar-refractivity contribution in [2.45, 2.75) is 24.5 Å². The summed E-state index contributed by atoms with van der Waals surface area (Å²) in [5, 5.41) is 7.77. The molecule has 3 aromatic rings. The van der Waals surface area contributed by atoms with Crippen molar-refractivity contribution >= 4 is 46.3 Å². The van der Waals surface area contributed by atoms with Gasteiger partial charge in [0.2, 0.25) is 5.91 Å². The van der Waals surface area contributed by atoms with Gasteiger partial charge in [0, 0.05) is 33.3 Å². The smallest absolute Gasteiger partial charge is 0.256 e. The predicted octanol–water partition coefficient (Wildman–Crippen LogP) is 5.28. The maximum Gasteiger partial charge on any atom is 0.256 e. The van der Waals surface area contributed by atoms with Crippen LogP contribution < -0.4 is 10.6 Å². The van der Waals surface area contributed by atoms with Gasteiger partial charge in [-0.25, -0.2) is 4.98 Å². The molecule has 0 radical (unpaired) electrons. The highest BCUT2D eigenvalue weighted by Crippen LogP contribution is 2.27. The standard InChI is InChI=1S/C21H21N3O2S2/c1-14(2)20(25)23-15-6-5-7-16(10-15)24-21(26)18-8-3-4-9-19(18)28-12-17-11-27-13-22-17/h3-11,13-14H,12H2,1-2H3,(H,23,25)(H,24,26). The maximum absolute atomic E-state index is 12.8. The molecule has 0 bridgehead atoms. The van der Waals surface area contributed by atoms with E-state index in [-0.39, 0.29) is 17.7 Å². The minimum atomic E-state index is -0.186. The van der Waals surface area contributed by atoms with Crippen LogP contribution in [0, 0.1) is 5.92 Å². The van der Waals surface area contributed by atoms with Crippen molar-refractivity contribution in [3.05, 3.63) is 70.7 Å². The van der Waals surface area contributed by atoms with Crippen LogP contribution in [-0.2, 0) is 10.5 Å². The molecule has 0 saturated carbocycles. The number of amides is 2. The summed E-state index contributed by atoms with van der Waals surface area (Å²) in [7, 11) is 0. The van der Waals surface area contributed by atoms with Crippen LogP contribution in [0.25, 0.3) is 0 Å². The van der Waals surface area contributed by atoms with Gasteiger partial charge >= 0.3 is 0 Å².